The van der Waals surface area contributed by atoms with Gasteiger partial charge in [0.2, 0.25) is 0 Å². The Morgan fingerprint density at radius 3 is 2.05 bits per heavy atom. The minimum atomic E-state index is -0.727. The number of esters is 2. The predicted molar refractivity (Wildman–Crippen MR) is 174 cm³/mol. The SMILES string of the molecule is CCCCCCCCCCCCCCCCCC(=O)OCC(CCOC(=O)C(N)C(C)C)Cn1cnc2c1NC(N)NC2=O. The van der Waals surface area contributed by atoms with Crippen molar-refractivity contribution in [2.75, 3.05) is 18.5 Å². The number of unbranched alkanes of at least 4 members (excludes halogenated alkanes) is 14. The number of fused-ring (bicyclic) bond motifs is 1. The zero-order valence-electron chi connectivity index (χ0n) is 27.6. The van der Waals surface area contributed by atoms with Gasteiger partial charge in [-0.25, -0.2) is 4.98 Å². The first-order valence-corrected chi connectivity index (χ1v) is 17.2. The van der Waals surface area contributed by atoms with Gasteiger partial charge in [0, 0.05) is 18.9 Å². The lowest BCUT2D eigenvalue weighted by molar-refractivity contribution is -0.149. The van der Waals surface area contributed by atoms with Crippen LogP contribution in [0.5, 0.6) is 0 Å². The molecule has 1 aliphatic rings. The quantitative estimate of drug-likeness (QED) is 0.0802. The van der Waals surface area contributed by atoms with E-state index in [0.717, 1.165) is 19.3 Å². The fraction of sp³-hybridized carbons (Fsp3) is 0.818. The Morgan fingerprint density at radius 2 is 1.48 bits per heavy atom. The largest absolute Gasteiger partial charge is 0.465 e. The molecule has 0 radical (unpaired) electrons. The van der Waals surface area contributed by atoms with Crippen LogP contribution in [-0.4, -0.2) is 52.9 Å². The van der Waals surface area contributed by atoms with Crippen LogP contribution in [0.1, 0.15) is 140 Å². The molecule has 1 aliphatic heterocycles. The smallest absolute Gasteiger partial charge is 0.323 e. The van der Waals surface area contributed by atoms with Crippen molar-refractivity contribution in [2.24, 2.45) is 23.3 Å². The van der Waals surface area contributed by atoms with E-state index >= 15 is 0 Å². The molecule has 0 saturated carbocycles. The minimum absolute atomic E-state index is 0.0298. The van der Waals surface area contributed by atoms with Gasteiger partial charge in [0.15, 0.2) is 12.0 Å². The van der Waals surface area contributed by atoms with E-state index in [9.17, 15) is 14.4 Å². The Bertz CT molecular complexity index is 968. The lowest BCUT2D eigenvalue weighted by Gasteiger charge is -2.25. The summed E-state index contributed by atoms with van der Waals surface area (Å²) in [5.74, 6) is -0.728. The zero-order valence-corrected chi connectivity index (χ0v) is 27.6. The van der Waals surface area contributed by atoms with Crippen molar-refractivity contribution < 1.29 is 23.9 Å². The predicted octanol–water partition coefficient (Wildman–Crippen LogP) is 5.62. The molecule has 0 aliphatic carbocycles. The van der Waals surface area contributed by atoms with Gasteiger partial charge >= 0.3 is 11.9 Å². The van der Waals surface area contributed by atoms with E-state index in [1.165, 1.54) is 77.0 Å². The molecule has 3 atom stereocenters. The van der Waals surface area contributed by atoms with E-state index in [1.807, 2.05) is 13.8 Å². The number of nitrogens with one attached hydrogen (secondary N) is 2. The highest BCUT2D eigenvalue weighted by molar-refractivity contribution is 5.98. The highest BCUT2D eigenvalue weighted by Crippen LogP contribution is 2.21. The summed E-state index contributed by atoms with van der Waals surface area (Å²) in [4.78, 5) is 41.2. The average molecular weight is 621 g/mol. The van der Waals surface area contributed by atoms with Crippen molar-refractivity contribution >= 4 is 23.7 Å². The van der Waals surface area contributed by atoms with Crippen LogP contribution in [0, 0.1) is 11.8 Å². The van der Waals surface area contributed by atoms with Crippen LogP contribution in [0.3, 0.4) is 0 Å². The van der Waals surface area contributed by atoms with E-state index in [-0.39, 0.29) is 42.6 Å². The molecule has 0 bridgehead atoms. The number of anilines is 1. The molecule has 3 unspecified atom stereocenters. The summed E-state index contributed by atoms with van der Waals surface area (Å²) in [6, 6.07) is -0.689. The molecule has 1 aromatic heterocycles. The monoisotopic (exact) mass is 620 g/mol. The number of amides is 1. The van der Waals surface area contributed by atoms with Crippen LogP contribution < -0.4 is 22.1 Å². The molecule has 11 heteroatoms. The van der Waals surface area contributed by atoms with E-state index in [2.05, 4.69) is 22.5 Å². The normalized spacial score (nSPS) is 15.8. The zero-order chi connectivity index (χ0) is 32.2. The molecular formula is C33H60N6O5. The molecule has 11 nitrogen and oxygen atoms in total. The lowest BCUT2D eigenvalue weighted by atomic mass is 10.0. The highest BCUT2D eigenvalue weighted by atomic mass is 16.5. The Morgan fingerprint density at radius 1 is 0.909 bits per heavy atom. The van der Waals surface area contributed by atoms with E-state index in [4.69, 9.17) is 20.9 Å². The summed E-state index contributed by atoms with van der Waals surface area (Å²) in [6.07, 6.45) is 20.8. The van der Waals surface area contributed by atoms with E-state index in [0.29, 0.717) is 25.2 Å². The summed E-state index contributed by atoms with van der Waals surface area (Å²) in [5.41, 5.74) is 12.0. The Kier molecular flexibility index (Phi) is 18.7. The number of nitrogens with two attached hydrogens (primary N) is 2. The van der Waals surface area contributed by atoms with Crippen molar-refractivity contribution in [3.05, 3.63) is 12.0 Å². The molecular weight excluding hydrogens is 560 g/mol. The number of carbonyl (C=O) groups excluding carboxylic acids is 3. The summed E-state index contributed by atoms with van der Waals surface area (Å²) < 4.78 is 12.8. The van der Waals surface area contributed by atoms with Gasteiger partial charge in [-0.05, 0) is 18.8 Å². The molecule has 0 fully saturated rings. The van der Waals surface area contributed by atoms with Crippen LogP contribution in [0.4, 0.5) is 5.82 Å². The number of ether oxygens (including phenoxy) is 2. The van der Waals surface area contributed by atoms with Crippen LogP contribution in [0.2, 0.25) is 0 Å². The average Bonchev–Trinajstić information content (AvgIpc) is 3.39. The first kappa shape index (κ1) is 37.5. The third kappa shape index (κ3) is 14.9. The maximum Gasteiger partial charge on any atom is 0.323 e. The molecule has 0 spiro atoms. The first-order chi connectivity index (χ1) is 21.2. The molecule has 2 rings (SSSR count). The second-order valence-corrected chi connectivity index (χ2v) is 12.7. The first-order valence-electron chi connectivity index (χ1n) is 17.2. The number of nitrogens with zero attached hydrogens (tertiary/aromatic N) is 2. The third-order valence-corrected chi connectivity index (χ3v) is 8.31. The Labute approximate surface area is 265 Å². The maximum absolute atomic E-state index is 12.5. The third-order valence-electron chi connectivity index (χ3n) is 8.31. The van der Waals surface area contributed by atoms with Crippen LogP contribution in [0.25, 0.3) is 0 Å². The maximum atomic E-state index is 12.5. The summed E-state index contributed by atoms with van der Waals surface area (Å²) in [7, 11) is 0. The second kappa shape index (κ2) is 21.9. The second-order valence-electron chi connectivity index (χ2n) is 12.7. The molecule has 0 aromatic carbocycles. The van der Waals surface area contributed by atoms with Crippen molar-refractivity contribution in [1.82, 2.24) is 14.9 Å². The molecule has 6 N–H and O–H groups in total. The molecule has 0 saturated heterocycles. The van der Waals surface area contributed by atoms with E-state index in [1.54, 1.807) is 10.9 Å². The summed E-state index contributed by atoms with van der Waals surface area (Å²) >= 11 is 0. The molecule has 1 aromatic rings. The van der Waals surface area contributed by atoms with Crippen LogP contribution in [-0.2, 0) is 25.6 Å². The van der Waals surface area contributed by atoms with Gasteiger partial charge in [-0.3, -0.25) is 20.1 Å². The molecule has 252 valence electrons. The lowest BCUT2D eigenvalue weighted by Crippen LogP contribution is -2.51. The van der Waals surface area contributed by atoms with E-state index < -0.39 is 18.3 Å². The summed E-state index contributed by atoms with van der Waals surface area (Å²) in [5, 5.41) is 5.59. The number of hydrogen-bond acceptors (Lipinski definition) is 9. The standard InChI is InChI=1S/C33H60N6O5/c1-4-5-6-7-8-9-10-11-12-13-14-15-16-17-18-19-27(40)44-23-26(20-21-43-32(42)28(34)25(2)3)22-39-24-36-29-30(39)37-33(35)38-31(29)41/h24-26,28,33,37H,4-23,34-35H2,1-3H3,(H,38,41). The topological polar surface area (TPSA) is 164 Å². The number of hydrogen-bond donors (Lipinski definition) is 4. The molecule has 2 heterocycles. The number of carbonyl (C=O) groups is 3. The number of imidazole rings is 1. The fourth-order valence-electron chi connectivity index (χ4n) is 5.35. The fourth-order valence-corrected chi connectivity index (χ4v) is 5.35. The minimum Gasteiger partial charge on any atom is -0.465 e. The van der Waals surface area contributed by atoms with Crippen molar-refractivity contribution in [3.8, 4) is 0 Å². The summed E-state index contributed by atoms with van der Waals surface area (Å²) in [6.45, 7) is 6.70. The van der Waals surface area contributed by atoms with Crippen LogP contribution >= 0.6 is 0 Å². The van der Waals surface area contributed by atoms with Crippen molar-refractivity contribution in [3.63, 3.8) is 0 Å². The van der Waals surface area contributed by atoms with Gasteiger partial charge in [0.25, 0.3) is 5.91 Å². The molecule has 1 amide bonds. The van der Waals surface area contributed by atoms with Gasteiger partial charge in [-0.2, -0.15) is 0 Å². The Hall–Kier alpha value is -2.66. The van der Waals surface area contributed by atoms with Crippen molar-refractivity contribution in [2.45, 2.75) is 149 Å². The molecule has 44 heavy (non-hydrogen) atoms. The number of rotatable bonds is 25. The highest BCUT2D eigenvalue weighted by Gasteiger charge is 2.27. The van der Waals surface area contributed by atoms with Crippen molar-refractivity contribution in [1.29, 1.82) is 0 Å². The van der Waals surface area contributed by atoms with Gasteiger partial charge in [0.1, 0.15) is 11.9 Å². The van der Waals surface area contributed by atoms with Gasteiger partial charge in [0.05, 0.1) is 19.5 Å². The Balaban J connectivity index is 1.66. The van der Waals surface area contributed by atoms with Crippen LogP contribution in [0.15, 0.2) is 6.33 Å². The van der Waals surface area contributed by atoms with Gasteiger partial charge < -0.3 is 30.4 Å². The van der Waals surface area contributed by atoms with Gasteiger partial charge in [-0.1, -0.05) is 111 Å². The number of aromatic nitrogens is 2. The van der Waals surface area contributed by atoms with Gasteiger partial charge in [-0.15, -0.1) is 0 Å².